The number of ether oxygens (including phenoxy) is 1. The van der Waals surface area contributed by atoms with Crippen LogP contribution in [0.1, 0.15) is 0 Å². The van der Waals surface area contributed by atoms with E-state index in [-0.39, 0.29) is 0 Å². The molecule has 0 radical (unpaired) electrons. The fourth-order valence-electron chi connectivity index (χ4n) is 1.42. The van der Waals surface area contributed by atoms with Crippen molar-refractivity contribution in [3.63, 3.8) is 0 Å². The van der Waals surface area contributed by atoms with E-state index in [0.717, 1.165) is 0 Å². The Morgan fingerprint density at radius 2 is 2.28 bits per heavy atom. The molecule has 0 aliphatic heterocycles. The quantitative estimate of drug-likeness (QED) is 0.470. The van der Waals surface area contributed by atoms with Gasteiger partial charge in [0.05, 0.1) is 23.5 Å². The molecule has 0 spiro atoms. The van der Waals surface area contributed by atoms with Crippen molar-refractivity contribution in [1.29, 1.82) is 0 Å². The van der Waals surface area contributed by atoms with Crippen molar-refractivity contribution < 1.29 is 4.74 Å². The van der Waals surface area contributed by atoms with Crippen molar-refractivity contribution in [3.05, 3.63) is 52.1 Å². The Kier molecular flexibility index (Phi) is 4.06. The molecule has 0 aliphatic carbocycles. The number of aromatic nitrogens is 2. The lowest BCUT2D eigenvalue weighted by atomic mass is 10.3. The molecule has 1 heterocycles. The van der Waals surface area contributed by atoms with E-state index in [9.17, 15) is 0 Å². The zero-order valence-electron chi connectivity index (χ0n) is 9.40. The Hall–Kier alpha value is -2.17. The van der Waals surface area contributed by atoms with Crippen LogP contribution in [0.15, 0.2) is 41.8 Å². The van der Waals surface area contributed by atoms with Gasteiger partial charge in [-0.1, -0.05) is 28.8 Å². The Morgan fingerprint density at radius 1 is 1.44 bits per heavy atom. The van der Waals surface area contributed by atoms with E-state index in [1.165, 1.54) is 0 Å². The van der Waals surface area contributed by atoms with Gasteiger partial charge in [0.1, 0.15) is 12.4 Å². The van der Waals surface area contributed by atoms with E-state index < -0.39 is 0 Å². The van der Waals surface area contributed by atoms with E-state index in [4.69, 9.17) is 21.9 Å². The number of halogens is 1. The molecule has 0 amide bonds. The highest BCUT2D eigenvalue weighted by atomic mass is 35.5. The predicted molar refractivity (Wildman–Crippen MR) is 68.0 cm³/mol. The van der Waals surface area contributed by atoms with Crippen molar-refractivity contribution in [2.45, 2.75) is 6.54 Å². The summed E-state index contributed by atoms with van der Waals surface area (Å²) >= 11 is 5.74. The number of hydrogen-bond acceptors (Lipinski definition) is 3. The fourth-order valence-corrected chi connectivity index (χ4v) is 1.58. The summed E-state index contributed by atoms with van der Waals surface area (Å²) in [6, 6.07) is 7.04. The molecule has 0 saturated carbocycles. The van der Waals surface area contributed by atoms with Crippen molar-refractivity contribution in [2.75, 3.05) is 6.61 Å². The number of rotatable bonds is 5. The minimum atomic E-state index is 0.413. The molecule has 0 atom stereocenters. The lowest BCUT2D eigenvalue weighted by Crippen LogP contribution is -2.08. The first-order chi connectivity index (χ1) is 8.79. The number of hydrogen-bond donors (Lipinski definition) is 0. The molecule has 0 saturated heterocycles. The van der Waals surface area contributed by atoms with Crippen molar-refractivity contribution in [1.82, 2.24) is 9.78 Å². The molecule has 0 unspecified atom stereocenters. The van der Waals surface area contributed by atoms with Gasteiger partial charge >= 0.3 is 0 Å². The largest absolute Gasteiger partial charge is 0.491 e. The van der Waals surface area contributed by atoms with E-state index in [1.54, 1.807) is 35.3 Å². The maximum Gasteiger partial charge on any atom is 0.128 e. The van der Waals surface area contributed by atoms with Crippen LogP contribution in [0.25, 0.3) is 10.4 Å². The molecule has 92 valence electrons. The summed E-state index contributed by atoms with van der Waals surface area (Å²) in [5, 5.41) is 8.16. The van der Waals surface area contributed by atoms with E-state index in [2.05, 4.69) is 15.1 Å². The zero-order valence-corrected chi connectivity index (χ0v) is 10.2. The van der Waals surface area contributed by atoms with Gasteiger partial charge in [-0.25, -0.2) is 0 Å². The Bertz CT molecular complexity index is 576. The average Bonchev–Trinajstić information content (AvgIpc) is 2.78. The van der Waals surface area contributed by atoms with Gasteiger partial charge in [-0.05, 0) is 17.7 Å². The second kappa shape index (κ2) is 5.95. The molecule has 0 fully saturated rings. The highest BCUT2D eigenvalue weighted by molar-refractivity contribution is 6.30. The Balaban J connectivity index is 1.96. The fraction of sp³-hybridized carbons (Fsp3) is 0.182. The molecule has 0 N–H and O–H groups in total. The van der Waals surface area contributed by atoms with Gasteiger partial charge in [-0.3, -0.25) is 4.68 Å². The standard InChI is InChI=1S/C11H10ClN5O/c12-9-7-14-17(8-9)5-6-18-11-4-2-1-3-10(11)15-16-13/h1-4,7-8H,5-6H2. The highest BCUT2D eigenvalue weighted by Crippen LogP contribution is 2.26. The molecule has 2 rings (SSSR count). The average molecular weight is 264 g/mol. The molecule has 6 nitrogen and oxygen atoms in total. The van der Waals surface area contributed by atoms with Gasteiger partial charge in [-0.2, -0.15) is 5.10 Å². The SMILES string of the molecule is [N-]=[N+]=Nc1ccccc1OCCn1cc(Cl)cn1. The van der Waals surface area contributed by atoms with Gasteiger partial charge in [0.2, 0.25) is 0 Å². The second-order valence-corrected chi connectivity index (χ2v) is 3.86. The molecule has 1 aromatic heterocycles. The van der Waals surface area contributed by atoms with Gasteiger partial charge in [-0.15, -0.1) is 0 Å². The molecule has 0 aliphatic rings. The third-order valence-corrected chi connectivity index (χ3v) is 2.39. The Morgan fingerprint density at radius 3 is 3.00 bits per heavy atom. The second-order valence-electron chi connectivity index (χ2n) is 3.43. The van der Waals surface area contributed by atoms with Crippen LogP contribution in [0.4, 0.5) is 5.69 Å². The third kappa shape index (κ3) is 3.16. The third-order valence-electron chi connectivity index (χ3n) is 2.20. The Labute approximate surface area is 108 Å². The van der Waals surface area contributed by atoms with E-state index >= 15 is 0 Å². The van der Waals surface area contributed by atoms with Crippen LogP contribution >= 0.6 is 11.6 Å². The van der Waals surface area contributed by atoms with Gasteiger partial charge < -0.3 is 4.74 Å². The first-order valence-electron chi connectivity index (χ1n) is 5.24. The van der Waals surface area contributed by atoms with Crippen LogP contribution in [-0.2, 0) is 6.54 Å². The van der Waals surface area contributed by atoms with Crippen LogP contribution in [-0.4, -0.2) is 16.4 Å². The topological polar surface area (TPSA) is 75.8 Å². The maximum atomic E-state index is 8.42. The molecular formula is C11H10ClN5O. The summed E-state index contributed by atoms with van der Waals surface area (Å²) in [7, 11) is 0. The molecule has 7 heteroatoms. The number of nitrogens with zero attached hydrogens (tertiary/aromatic N) is 5. The van der Waals surface area contributed by atoms with E-state index in [1.807, 2.05) is 6.07 Å². The van der Waals surface area contributed by atoms with Gasteiger partial charge in [0.15, 0.2) is 0 Å². The van der Waals surface area contributed by atoms with Crippen molar-refractivity contribution in [2.24, 2.45) is 5.11 Å². The number of para-hydroxylation sites is 1. The monoisotopic (exact) mass is 263 g/mol. The van der Waals surface area contributed by atoms with Gasteiger partial charge in [0.25, 0.3) is 0 Å². The molecule has 2 aromatic rings. The smallest absolute Gasteiger partial charge is 0.128 e. The minimum absolute atomic E-state index is 0.413. The lowest BCUT2D eigenvalue weighted by molar-refractivity contribution is 0.292. The summed E-state index contributed by atoms with van der Waals surface area (Å²) < 4.78 is 7.21. The van der Waals surface area contributed by atoms with Crippen LogP contribution < -0.4 is 4.74 Å². The first-order valence-corrected chi connectivity index (χ1v) is 5.62. The summed E-state index contributed by atoms with van der Waals surface area (Å²) in [4.78, 5) is 2.75. The zero-order chi connectivity index (χ0) is 12.8. The summed E-state index contributed by atoms with van der Waals surface area (Å²) in [5.41, 5.74) is 8.90. The maximum absolute atomic E-state index is 8.42. The lowest BCUT2D eigenvalue weighted by Gasteiger charge is -2.08. The van der Waals surface area contributed by atoms with Crippen LogP contribution in [0, 0.1) is 0 Å². The van der Waals surface area contributed by atoms with Crippen molar-refractivity contribution in [3.8, 4) is 5.75 Å². The summed E-state index contributed by atoms with van der Waals surface area (Å²) in [6.07, 6.45) is 3.28. The van der Waals surface area contributed by atoms with E-state index in [0.29, 0.717) is 29.6 Å². The minimum Gasteiger partial charge on any atom is -0.491 e. The predicted octanol–water partition coefficient (Wildman–Crippen LogP) is 3.56. The number of azide groups is 1. The molecule has 18 heavy (non-hydrogen) atoms. The normalized spacial score (nSPS) is 9.83. The number of benzene rings is 1. The van der Waals surface area contributed by atoms with Crippen LogP contribution in [0.5, 0.6) is 5.75 Å². The van der Waals surface area contributed by atoms with Crippen LogP contribution in [0.2, 0.25) is 5.02 Å². The highest BCUT2D eigenvalue weighted by Gasteiger charge is 2.01. The summed E-state index contributed by atoms with van der Waals surface area (Å²) in [5.74, 6) is 0.550. The molecule has 0 bridgehead atoms. The van der Waals surface area contributed by atoms with Crippen LogP contribution in [0.3, 0.4) is 0 Å². The first kappa shape index (κ1) is 12.3. The van der Waals surface area contributed by atoms with Crippen molar-refractivity contribution >= 4 is 17.3 Å². The van der Waals surface area contributed by atoms with Gasteiger partial charge in [0, 0.05) is 11.1 Å². The molecule has 1 aromatic carbocycles. The molecular weight excluding hydrogens is 254 g/mol. The summed E-state index contributed by atoms with van der Waals surface area (Å²) in [6.45, 7) is 0.979.